The molecule has 1 aliphatic rings. The van der Waals surface area contributed by atoms with Crippen LogP contribution in [-0.4, -0.2) is 47.7 Å². The van der Waals surface area contributed by atoms with Gasteiger partial charge in [0.15, 0.2) is 0 Å². The Morgan fingerprint density at radius 3 is 2.59 bits per heavy atom. The second-order valence-electron chi connectivity index (χ2n) is 6.39. The highest BCUT2D eigenvalue weighted by molar-refractivity contribution is 7.99. The van der Waals surface area contributed by atoms with Crippen LogP contribution in [0.5, 0.6) is 0 Å². The highest BCUT2D eigenvalue weighted by Crippen LogP contribution is 2.27. The number of halogens is 1. The molecule has 140 valence electrons. The molecule has 1 aliphatic heterocycles. The molecule has 0 radical (unpaired) electrons. The van der Waals surface area contributed by atoms with Gasteiger partial charge in [0.25, 0.3) is 0 Å². The number of thioether (sulfide) groups is 1. The van der Waals surface area contributed by atoms with E-state index in [0.717, 1.165) is 53.2 Å². The Kier molecular flexibility index (Phi) is 5.86. The maximum absolute atomic E-state index is 12.5. The van der Waals surface area contributed by atoms with Gasteiger partial charge in [-0.15, -0.1) is 23.1 Å². The first-order chi connectivity index (χ1) is 13.2. The Bertz CT molecular complexity index is 905. The largest absolute Gasteiger partial charge is 0.367 e. The van der Waals surface area contributed by atoms with Crippen LogP contribution < -0.4 is 4.90 Å². The fraction of sp³-hybridized carbons (Fsp3) is 0.300. The molecular formula is C20H20ClN3OS2. The maximum Gasteiger partial charge on any atom is 0.232 e. The van der Waals surface area contributed by atoms with Gasteiger partial charge >= 0.3 is 0 Å². The molecule has 0 atom stereocenters. The van der Waals surface area contributed by atoms with Gasteiger partial charge in [0, 0.05) is 31.9 Å². The molecule has 7 heteroatoms. The van der Waals surface area contributed by atoms with Crippen molar-refractivity contribution in [3.8, 4) is 0 Å². The minimum Gasteiger partial charge on any atom is -0.367 e. The van der Waals surface area contributed by atoms with Crippen LogP contribution in [0, 0.1) is 0 Å². The Morgan fingerprint density at radius 2 is 1.81 bits per heavy atom. The molecule has 4 nitrogen and oxygen atoms in total. The quantitative estimate of drug-likeness (QED) is 0.611. The van der Waals surface area contributed by atoms with Crippen molar-refractivity contribution in [2.45, 2.75) is 5.75 Å². The molecule has 4 rings (SSSR count). The standard InChI is InChI=1S/C20H20ClN3OS2/c21-15-5-1-3-7-17(15)23-9-11-24(12-10-23)20(25)14-26-13-19-22-16-6-2-4-8-18(16)27-19/h1-8H,9-14H2. The fourth-order valence-corrected chi connectivity index (χ4v) is 5.41. The van der Waals surface area contributed by atoms with E-state index in [9.17, 15) is 4.79 Å². The molecule has 3 aromatic rings. The fourth-order valence-electron chi connectivity index (χ4n) is 3.20. The second kappa shape index (κ2) is 8.50. The number of carbonyl (C=O) groups excluding carboxylic acids is 1. The highest BCUT2D eigenvalue weighted by atomic mass is 35.5. The summed E-state index contributed by atoms with van der Waals surface area (Å²) in [6, 6.07) is 16.0. The van der Waals surface area contributed by atoms with E-state index < -0.39 is 0 Å². The van der Waals surface area contributed by atoms with E-state index in [2.05, 4.69) is 16.0 Å². The van der Waals surface area contributed by atoms with Crippen LogP contribution in [0.15, 0.2) is 48.5 Å². The number of para-hydroxylation sites is 2. The molecule has 1 fully saturated rings. The third-order valence-electron chi connectivity index (χ3n) is 4.61. The Hall–Kier alpha value is -1.76. The molecule has 0 aliphatic carbocycles. The Labute approximate surface area is 172 Å². The van der Waals surface area contributed by atoms with Crippen LogP contribution in [0.1, 0.15) is 5.01 Å². The van der Waals surface area contributed by atoms with Crippen molar-refractivity contribution >= 4 is 56.5 Å². The normalized spacial score (nSPS) is 14.7. The SMILES string of the molecule is O=C(CSCc1nc2ccccc2s1)N1CCN(c2ccccc2Cl)CC1. The minimum absolute atomic E-state index is 0.208. The number of anilines is 1. The van der Waals surface area contributed by atoms with Crippen LogP contribution in [0.25, 0.3) is 10.2 Å². The van der Waals surface area contributed by atoms with Gasteiger partial charge in [0.1, 0.15) is 5.01 Å². The van der Waals surface area contributed by atoms with Crippen LogP contribution in [0.4, 0.5) is 5.69 Å². The molecule has 0 unspecified atom stereocenters. The summed E-state index contributed by atoms with van der Waals surface area (Å²) < 4.78 is 1.20. The first kappa shape index (κ1) is 18.6. The number of aromatic nitrogens is 1. The number of benzene rings is 2. The van der Waals surface area contributed by atoms with E-state index in [0.29, 0.717) is 5.75 Å². The van der Waals surface area contributed by atoms with E-state index in [1.165, 1.54) is 4.70 Å². The summed E-state index contributed by atoms with van der Waals surface area (Å²) in [4.78, 5) is 21.3. The summed E-state index contributed by atoms with van der Waals surface area (Å²) in [5.74, 6) is 1.49. The first-order valence-corrected chi connectivity index (χ1v) is 11.2. The summed E-state index contributed by atoms with van der Waals surface area (Å²) in [6.07, 6.45) is 0. The van der Waals surface area contributed by atoms with Crippen molar-refractivity contribution in [2.75, 3.05) is 36.8 Å². The lowest BCUT2D eigenvalue weighted by Crippen LogP contribution is -2.49. The van der Waals surface area contributed by atoms with E-state index in [-0.39, 0.29) is 5.91 Å². The summed E-state index contributed by atoms with van der Waals surface area (Å²) in [7, 11) is 0. The highest BCUT2D eigenvalue weighted by Gasteiger charge is 2.22. The zero-order chi connectivity index (χ0) is 18.6. The van der Waals surface area contributed by atoms with E-state index in [4.69, 9.17) is 11.6 Å². The monoisotopic (exact) mass is 417 g/mol. The smallest absolute Gasteiger partial charge is 0.232 e. The number of hydrogen-bond acceptors (Lipinski definition) is 5. The summed E-state index contributed by atoms with van der Waals surface area (Å²) in [5, 5.41) is 1.85. The second-order valence-corrected chi connectivity index (χ2v) is 8.90. The van der Waals surface area contributed by atoms with Gasteiger partial charge in [-0.1, -0.05) is 35.9 Å². The number of rotatable bonds is 5. The number of thiazole rings is 1. The molecule has 2 aromatic carbocycles. The van der Waals surface area contributed by atoms with Crippen molar-refractivity contribution in [2.24, 2.45) is 0 Å². The molecular weight excluding hydrogens is 398 g/mol. The number of piperazine rings is 1. The van der Waals surface area contributed by atoms with Crippen LogP contribution >= 0.6 is 34.7 Å². The van der Waals surface area contributed by atoms with Crippen molar-refractivity contribution < 1.29 is 4.79 Å². The van der Waals surface area contributed by atoms with Crippen molar-refractivity contribution in [3.63, 3.8) is 0 Å². The molecule has 1 aromatic heterocycles. The van der Waals surface area contributed by atoms with Crippen LogP contribution in [0.2, 0.25) is 5.02 Å². The molecule has 0 bridgehead atoms. The maximum atomic E-state index is 12.5. The lowest BCUT2D eigenvalue weighted by atomic mass is 10.2. The van der Waals surface area contributed by atoms with Gasteiger partial charge in [-0.05, 0) is 24.3 Å². The predicted octanol–water partition coefficient (Wildman–Crippen LogP) is 4.53. The van der Waals surface area contributed by atoms with Crippen LogP contribution in [0.3, 0.4) is 0 Å². The van der Waals surface area contributed by atoms with Gasteiger partial charge in [-0.3, -0.25) is 4.79 Å². The molecule has 0 saturated carbocycles. The predicted molar refractivity (Wildman–Crippen MR) is 116 cm³/mol. The topological polar surface area (TPSA) is 36.4 Å². The van der Waals surface area contributed by atoms with Gasteiger partial charge in [0.05, 0.1) is 26.7 Å². The molecule has 1 amide bonds. The molecule has 0 spiro atoms. The average molecular weight is 418 g/mol. The third kappa shape index (κ3) is 4.39. The van der Waals surface area contributed by atoms with Gasteiger partial charge in [-0.25, -0.2) is 4.98 Å². The summed E-state index contributed by atoms with van der Waals surface area (Å²) in [5.41, 5.74) is 2.09. The number of hydrogen-bond donors (Lipinski definition) is 0. The molecule has 1 saturated heterocycles. The van der Waals surface area contributed by atoms with Crippen molar-refractivity contribution in [1.29, 1.82) is 0 Å². The first-order valence-electron chi connectivity index (χ1n) is 8.90. The minimum atomic E-state index is 0.208. The zero-order valence-corrected chi connectivity index (χ0v) is 17.2. The number of amides is 1. The summed E-state index contributed by atoms with van der Waals surface area (Å²) >= 11 is 9.63. The number of nitrogens with zero attached hydrogens (tertiary/aromatic N) is 3. The Morgan fingerprint density at radius 1 is 1.07 bits per heavy atom. The van der Waals surface area contributed by atoms with E-state index in [1.807, 2.05) is 47.4 Å². The van der Waals surface area contributed by atoms with E-state index >= 15 is 0 Å². The average Bonchev–Trinajstić information content (AvgIpc) is 3.11. The van der Waals surface area contributed by atoms with E-state index in [1.54, 1.807) is 23.1 Å². The number of fused-ring (bicyclic) bond motifs is 1. The van der Waals surface area contributed by atoms with Gasteiger partial charge in [-0.2, -0.15) is 0 Å². The lowest BCUT2D eigenvalue weighted by molar-refractivity contribution is -0.128. The third-order valence-corrected chi connectivity index (χ3v) is 7.08. The summed E-state index contributed by atoms with van der Waals surface area (Å²) in [6.45, 7) is 3.12. The zero-order valence-electron chi connectivity index (χ0n) is 14.8. The molecule has 27 heavy (non-hydrogen) atoms. The lowest BCUT2D eigenvalue weighted by Gasteiger charge is -2.36. The van der Waals surface area contributed by atoms with Crippen molar-refractivity contribution in [1.82, 2.24) is 9.88 Å². The molecule has 0 N–H and O–H groups in total. The number of carbonyl (C=O) groups is 1. The van der Waals surface area contributed by atoms with Crippen LogP contribution in [-0.2, 0) is 10.5 Å². The Balaban J connectivity index is 1.25. The molecule has 2 heterocycles. The van der Waals surface area contributed by atoms with Gasteiger partial charge in [0.2, 0.25) is 5.91 Å². The van der Waals surface area contributed by atoms with Gasteiger partial charge < -0.3 is 9.80 Å². The van der Waals surface area contributed by atoms with Crippen molar-refractivity contribution in [3.05, 3.63) is 58.6 Å².